The molecule has 0 aliphatic carbocycles. The van der Waals surface area contributed by atoms with E-state index >= 15 is 0 Å². The van der Waals surface area contributed by atoms with E-state index in [2.05, 4.69) is 9.97 Å². The van der Waals surface area contributed by atoms with Crippen molar-refractivity contribution in [3.8, 4) is 0 Å². The molecule has 2 heterocycles. The molecule has 0 saturated carbocycles. The zero-order valence-electron chi connectivity index (χ0n) is 9.67. The van der Waals surface area contributed by atoms with Crippen molar-refractivity contribution in [3.63, 3.8) is 0 Å². The number of hydrogen-bond donors (Lipinski definition) is 2. The summed E-state index contributed by atoms with van der Waals surface area (Å²) in [5.41, 5.74) is 8.12. The van der Waals surface area contributed by atoms with Gasteiger partial charge in [0.2, 0.25) is 0 Å². The molecule has 0 amide bonds. The molecule has 0 saturated heterocycles. The Bertz CT molecular complexity index is 514. The minimum absolute atomic E-state index is 0.427. The van der Waals surface area contributed by atoms with Gasteiger partial charge in [-0.2, -0.15) is 0 Å². The van der Waals surface area contributed by atoms with Gasteiger partial charge in [-0.25, -0.2) is 4.98 Å². The van der Waals surface area contributed by atoms with Crippen molar-refractivity contribution in [2.24, 2.45) is 0 Å². The topological polar surface area (TPSA) is 72.0 Å². The maximum atomic E-state index is 10.1. The number of rotatable bonds is 3. The fourth-order valence-electron chi connectivity index (χ4n) is 1.69. The van der Waals surface area contributed by atoms with E-state index < -0.39 is 6.10 Å². The van der Waals surface area contributed by atoms with Crippen LogP contribution in [0.1, 0.15) is 23.1 Å². The Morgan fingerprint density at radius 2 is 2.12 bits per heavy atom. The van der Waals surface area contributed by atoms with Crippen molar-refractivity contribution >= 4 is 5.82 Å². The zero-order chi connectivity index (χ0) is 12.3. The Hall–Kier alpha value is -1.94. The molecule has 0 spiro atoms. The van der Waals surface area contributed by atoms with Crippen LogP contribution >= 0.6 is 0 Å². The standard InChI is InChI=1S/C13H15N3O/c1-9-4-2-6-11(16-9)12(17)8-10-5-3-7-15-13(10)14/h2-7,12,17H,8H2,1H3,(H2,14,15). The quantitative estimate of drug-likeness (QED) is 0.839. The van der Waals surface area contributed by atoms with Crippen LogP contribution in [0.3, 0.4) is 0 Å². The van der Waals surface area contributed by atoms with Crippen LogP contribution in [0.4, 0.5) is 5.82 Å². The molecule has 0 aliphatic rings. The van der Waals surface area contributed by atoms with Crippen molar-refractivity contribution in [2.45, 2.75) is 19.4 Å². The Morgan fingerprint density at radius 3 is 2.82 bits per heavy atom. The minimum Gasteiger partial charge on any atom is -0.386 e. The van der Waals surface area contributed by atoms with Crippen LogP contribution < -0.4 is 5.73 Å². The lowest BCUT2D eigenvalue weighted by Gasteiger charge is -2.11. The zero-order valence-corrected chi connectivity index (χ0v) is 9.67. The average Bonchev–Trinajstić information content (AvgIpc) is 2.32. The Labute approximate surface area is 100 Å². The van der Waals surface area contributed by atoms with Gasteiger partial charge in [0, 0.05) is 18.3 Å². The van der Waals surface area contributed by atoms with E-state index in [1.807, 2.05) is 37.3 Å². The highest BCUT2D eigenvalue weighted by atomic mass is 16.3. The number of aliphatic hydroxyl groups is 1. The molecular weight excluding hydrogens is 214 g/mol. The number of pyridine rings is 2. The summed E-state index contributed by atoms with van der Waals surface area (Å²) in [5.74, 6) is 0.458. The third-order valence-corrected chi connectivity index (χ3v) is 2.59. The second-order valence-corrected chi connectivity index (χ2v) is 3.97. The second-order valence-electron chi connectivity index (χ2n) is 3.97. The molecule has 0 fully saturated rings. The number of aliphatic hydroxyl groups excluding tert-OH is 1. The van der Waals surface area contributed by atoms with Crippen molar-refractivity contribution < 1.29 is 5.11 Å². The van der Waals surface area contributed by atoms with E-state index in [0.29, 0.717) is 17.9 Å². The van der Waals surface area contributed by atoms with Crippen molar-refractivity contribution in [2.75, 3.05) is 5.73 Å². The maximum absolute atomic E-state index is 10.1. The fraction of sp³-hybridized carbons (Fsp3) is 0.231. The Balaban J connectivity index is 2.17. The summed E-state index contributed by atoms with van der Waals surface area (Å²) in [6, 6.07) is 9.26. The Kier molecular flexibility index (Phi) is 3.35. The highest BCUT2D eigenvalue weighted by Crippen LogP contribution is 2.19. The van der Waals surface area contributed by atoms with Crippen molar-refractivity contribution in [3.05, 3.63) is 53.5 Å². The third-order valence-electron chi connectivity index (χ3n) is 2.59. The van der Waals surface area contributed by atoms with E-state index in [-0.39, 0.29) is 0 Å². The molecule has 0 aromatic carbocycles. The van der Waals surface area contributed by atoms with Crippen molar-refractivity contribution in [1.29, 1.82) is 0 Å². The summed E-state index contributed by atoms with van der Waals surface area (Å²) in [6.45, 7) is 1.90. The molecule has 0 bridgehead atoms. The first-order valence-electron chi connectivity index (χ1n) is 5.48. The number of aryl methyl sites for hydroxylation is 1. The van der Waals surface area contributed by atoms with Crippen LogP contribution in [0.2, 0.25) is 0 Å². The lowest BCUT2D eigenvalue weighted by Crippen LogP contribution is -2.07. The van der Waals surface area contributed by atoms with Gasteiger partial charge in [0.25, 0.3) is 0 Å². The number of hydrogen-bond acceptors (Lipinski definition) is 4. The van der Waals surface area contributed by atoms with E-state index in [4.69, 9.17) is 5.73 Å². The molecule has 4 nitrogen and oxygen atoms in total. The normalized spacial score (nSPS) is 12.4. The van der Waals surface area contributed by atoms with Gasteiger partial charge in [-0.15, -0.1) is 0 Å². The predicted octanol–water partition coefficient (Wildman–Crippen LogP) is 1.64. The molecular formula is C13H15N3O. The maximum Gasteiger partial charge on any atom is 0.126 e. The average molecular weight is 229 g/mol. The summed E-state index contributed by atoms with van der Waals surface area (Å²) >= 11 is 0. The van der Waals surface area contributed by atoms with E-state index in [9.17, 15) is 5.11 Å². The van der Waals surface area contributed by atoms with Gasteiger partial charge in [0.1, 0.15) is 11.9 Å². The fourth-order valence-corrected chi connectivity index (χ4v) is 1.69. The van der Waals surface area contributed by atoms with Gasteiger partial charge in [-0.3, -0.25) is 4.98 Å². The SMILES string of the molecule is Cc1cccc(C(O)Cc2cccnc2N)n1. The molecule has 4 heteroatoms. The van der Waals surface area contributed by atoms with Gasteiger partial charge in [-0.1, -0.05) is 12.1 Å². The molecule has 2 rings (SSSR count). The summed E-state index contributed by atoms with van der Waals surface area (Å²) in [6.07, 6.45) is 1.41. The first kappa shape index (κ1) is 11.5. The number of nitrogen functional groups attached to an aromatic ring is 1. The van der Waals surface area contributed by atoms with Crippen LogP contribution in [0.5, 0.6) is 0 Å². The summed E-state index contributed by atoms with van der Waals surface area (Å²) in [4.78, 5) is 8.28. The summed E-state index contributed by atoms with van der Waals surface area (Å²) < 4.78 is 0. The smallest absolute Gasteiger partial charge is 0.126 e. The largest absolute Gasteiger partial charge is 0.386 e. The summed E-state index contributed by atoms with van der Waals surface area (Å²) in [5, 5.41) is 10.1. The molecule has 17 heavy (non-hydrogen) atoms. The molecule has 0 radical (unpaired) electrons. The number of nitrogens with zero attached hydrogens (tertiary/aromatic N) is 2. The van der Waals surface area contributed by atoms with E-state index in [1.54, 1.807) is 6.20 Å². The molecule has 88 valence electrons. The first-order valence-corrected chi connectivity index (χ1v) is 5.48. The van der Waals surface area contributed by atoms with Gasteiger partial charge in [0.05, 0.1) is 5.69 Å². The molecule has 2 aromatic heterocycles. The van der Waals surface area contributed by atoms with Gasteiger partial charge in [0.15, 0.2) is 0 Å². The third kappa shape index (κ3) is 2.79. The van der Waals surface area contributed by atoms with Crippen LogP contribution in [0, 0.1) is 6.92 Å². The van der Waals surface area contributed by atoms with Crippen LogP contribution in [0.25, 0.3) is 0 Å². The Morgan fingerprint density at radius 1 is 1.29 bits per heavy atom. The number of anilines is 1. The van der Waals surface area contributed by atoms with Crippen LogP contribution in [0.15, 0.2) is 36.5 Å². The minimum atomic E-state index is -0.651. The van der Waals surface area contributed by atoms with Crippen molar-refractivity contribution in [1.82, 2.24) is 9.97 Å². The van der Waals surface area contributed by atoms with E-state index in [1.165, 1.54) is 0 Å². The lowest BCUT2D eigenvalue weighted by molar-refractivity contribution is 0.173. The molecule has 1 unspecified atom stereocenters. The first-order chi connectivity index (χ1) is 8.16. The van der Waals surface area contributed by atoms with Gasteiger partial charge in [-0.05, 0) is 30.7 Å². The molecule has 1 atom stereocenters. The molecule has 2 aromatic rings. The van der Waals surface area contributed by atoms with E-state index in [0.717, 1.165) is 11.3 Å². The van der Waals surface area contributed by atoms with Crippen LogP contribution in [-0.4, -0.2) is 15.1 Å². The van der Waals surface area contributed by atoms with Crippen LogP contribution in [-0.2, 0) is 6.42 Å². The number of nitrogens with two attached hydrogens (primary N) is 1. The second kappa shape index (κ2) is 4.93. The molecule has 0 aliphatic heterocycles. The number of aromatic nitrogens is 2. The monoisotopic (exact) mass is 229 g/mol. The summed E-state index contributed by atoms with van der Waals surface area (Å²) in [7, 11) is 0. The van der Waals surface area contributed by atoms with Gasteiger partial charge >= 0.3 is 0 Å². The highest BCUT2D eigenvalue weighted by molar-refractivity contribution is 5.39. The highest BCUT2D eigenvalue weighted by Gasteiger charge is 2.12. The molecule has 3 N–H and O–H groups in total. The predicted molar refractivity (Wildman–Crippen MR) is 66.3 cm³/mol. The lowest BCUT2D eigenvalue weighted by atomic mass is 10.1. The van der Waals surface area contributed by atoms with Gasteiger partial charge < -0.3 is 10.8 Å².